The van der Waals surface area contributed by atoms with Crippen molar-refractivity contribution in [2.75, 3.05) is 19.7 Å². The highest BCUT2D eigenvalue weighted by molar-refractivity contribution is 5.54. The van der Waals surface area contributed by atoms with Crippen LogP contribution in [0.1, 0.15) is 18.1 Å². The molecule has 2 nitrogen and oxygen atoms in total. The molecule has 0 saturated heterocycles. The fourth-order valence-corrected chi connectivity index (χ4v) is 1.73. The Kier molecular flexibility index (Phi) is 3.41. The van der Waals surface area contributed by atoms with Crippen LogP contribution in [0.15, 0.2) is 24.3 Å². The molecule has 0 radical (unpaired) electrons. The average molecular weight is 203 g/mol. The van der Waals surface area contributed by atoms with Crippen molar-refractivity contribution < 1.29 is 4.74 Å². The zero-order chi connectivity index (χ0) is 10.5. The molecule has 0 bridgehead atoms. The predicted octanol–water partition coefficient (Wildman–Crippen LogP) is 2.24. The Hall–Kier alpha value is -1.28. The maximum atomic E-state index is 5.46. The van der Waals surface area contributed by atoms with Gasteiger partial charge in [-0.2, -0.15) is 0 Å². The van der Waals surface area contributed by atoms with E-state index < -0.39 is 0 Å². The van der Waals surface area contributed by atoms with Gasteiger partial charge in [0.1, 0.15) is 5.75 Å². The van der Waals surface area contributed by atoms with Crippen molar-refractivity contribution in [3.63, 3.8) is 0 Å². The molecule has 1 aromatic carbocycles. The summed E-state index contributed by atoms with van der Waals surface area (Å²) in [5.74, 6) is 1.05. The summed E-state index contributed by atoms with van der Waals surface area (Å²) in [7, 11) is 0. The van der Waals surface area contributed by atoms with Crippen LogP contribution in [0, 0.1) is 0 Å². The highest BCUT2D eigenvalue weighted by Gasteiger charge is 2.10. The van der Waals surface area contributed by atoms with Gasteiger partial charge in [0.25, 0.3) is 0 Å². The quantitative estimate of drug-likeness (QED) is 0.758. The number of ether oxygens (including phenoxy) is 1. The predicted molar refractivity (Wildman–Crippen MR) is 63.2 cm³/mol. The number of likely N-dealkylation sites (N-methyl/N-ethyl adjacent to an activating group) is 1. The zero-order valence-corrected chi connectivity index (χ0v) is 9.12. The van der Waals surface area contributed by atoms with Crippen LogP contribution in [0.2, 0.25) is 0 Å². The van der Waals surface area contributed by atoms with Crippen LogP contribution in [0.5, 0.6) is 5.75 Å². The Morgan fingerprint density at radius 1 is 1.47 bits per heavy atom. The Morgan fingerprint density at radius 2 is 2.40 bits per heavy atom. The smallest absolute Gasteiger partial charge is 0.122 e. The number of hydrogen-bond donors (Lipinski definition) is 1. The van der Waals surface area contributed by atoms with E-state index in [4.69, 9.17) is 4.74 Å². The topological polar surface area (TPSA) is 21.3 Å². The van der Waals surface area contributed by atoms with Crippen LogP contribution in [0.3, 0.4) is 0 Å². The van der Waals surface area contributed by atoms with E-state index in [0.717, 1.165) is 31.9 Å². The van der Waals surface area contributed by atoms with Gasteiger partial charge in [0, 0.05) is 13.0 Å². The molecule has 0 atom stereocenters. The standard InChI is InChI=1S/C13H17NO/c1-2-14-8-3-4-11-5-6-13-12(10-11)7-9-15-13/h3-6,10,14H,2,7-9H2,1H3. The fraction of sp³-hybridized carbons (Fsp3) is 0.385. The molecule has 0 aliphatic carbocycles. The first-order valence-electron chi connectivity index (χ1n) is 5.53. The van der Waals surface area contributed by atoms with Crippen molar-refractivity contribution in [1.29, 1.82) is 0 Å². The van der Waals surface area contributed by atoms with E-state index in [1.807, 2.05) is 0 Å². The van der Waals surface area contributed by atoms with Gasteiger partial charge in [-0.3, -0.25) is 0 Å². The summed E-state index contributed by atoms with van der Waals surface area (Å²) in [6, 6.07) is 6.38. The minimum absolute atomic E-state index is 0.833. The summed E-state index contributed by atoms with van der Waals surface area (Å²) in [5, 5.41) is 3.26. The largest absolute Gasteiger partial charge is 0.493 e. The monoisotopic (exact) mass is 203 g/mol. The number of rotatable bonds is 4. The summed E-state index contributed by atoms with van der Waals surface area (Å²) in [6.07, 6.45) is 5.35. The number of nitrogens with one attached hydrogen (secondary N) is 1. The molecule has 1 aliphatic heterocycles. The van der Waals surface area contributed by atoms with Crippen molar-refractivity contribution >= 4 is 6.08 Å². The minimum atomic E-state index is 0.833. The van der Waals surface area contributed by atoms with Gasteiger partial charge in [-0.25, -0.2) is 0 Å². The molecule has 2 rings (SSSR count). The van der Waals surface area contributed by atoms with Gasteiger partial charge in [-0.05, 0) is 29.8 Å². The van der Waals surface area contributed by atoms with Gasteiger partial charge in [-0.1, -0.05) is 25.1 Å². The highest BCUT2D eigenvalue weighted by atomic mass is 16.5. The second kappa shape index (κ2) is 4.99. The highest BCUT2D eigenvalue weighted by Crippen LogP contribution is 2.26. The van der Waals surface area contributed by atoms with Crippen LogP contribution in [-0.4, -0.2) is 19.7 Å². The van der Waals surface area contributed by atoms with E-state index in [0.29, 0.717) is 0 Å². The maximum absolute atomic E-state index is 5.46. The van der Waals surface area contributed by atoms with E-state index in [-0.39, 0.29) is 0 Å². The van der Waals surface area contributed by atoms with Gasteiger partial charge < -0.3 is 10.1 Å². The van der Waals surface area contributed by atoms with E-state index >= 15 is 0 Å². The number of fused-ring (bicyclic) bond motifs is 1. The lowest BCUT2D eigenvalue weighted by molar-refractivity contribution is 0.357. The molecular weight excluding hydrogens is 186 g/mol. The molecule has 0 unspecified atom stereocenters. The molecule has 1 N–H and O–H groups in total. The van der Waals surface area contributed by atoms with Crippen molar-refractivity contribution in [3.05, 3.63) is 35.4 Å². The maximum Gasteiger partial charge on any atom is 0.122 e. The van der Waals surface area contributed by atoms with Crippen LogP contribution < -0.4 is 10.1 Å². The molecule has 1 aromatic rings. The third-order valence-corrected chi connectivity index (χ3v) is 2.54. The second-order valence-corrected chi connectivity index (χ2v) is 3.68. The zero-order valence-electron chi connectivity index (χ0n) is 9.12. The average Bonchev–Trinajstić information content (AvgIpc) is 2.71. The lowest BCUT2D eigenvalue weighted by Gasteiger charge is -1.99. The molecular formula is C13H17NO. The summed E-state index contributed by atoms with van der Waals surface area (Å²) >= 11 is 0. The number of hydrogen-bond acceptors (Lipinski definition) is 2. The van der Waals surface area contributed by atoms with Gasteiger partial charge in [0.05, 0.1) is 6.61 Å². The van der Waals surface area contributed by atoms with E-state index in [2.05, 4.69) is 42.6 Å². The van der Waals surface area contributed by atoms with E-state index in [9.17, 15) is 0 Å². The van der Waals surface area contributed by atoms with Crippen molar-refractivity contribution in [3.8, 4) is 5.75 Å². The summed E-state index contributed by atoms with van der Waals surface area (Å²) in [6.45, 7) is 4.90. The van der Waals surface area contributed by atoms with Gasteiger partial charge >= 0.3 is 0 Å². The second-order valence-electron chi connectivity index (χ2n) is 3.68. The molecule has 1 heterocycles. The summed E-state index contributed by atoms with van der Waals surface area (Å²) in [4.78, 5) is 0. The van der Waals surface area contributed by atoms with Gasteiger partial charge in [0.2, 0.25) is 0 Å². The van der Waals surface area contributed by atoms with Crippen LogP contribution >= 0.6 is 0 Å². The molecule has 0 spiro atoms. The fourth-order valence-electron chi connectivity index (χ4n) is 1.73. The molecule has 15 heavy (non-hydrogen) atoms. The first kappa shape index (κ1) is 10.2. The molecule has 2 heteroatoms. The van der Waals surface area contributed by atoms with Crippen molar-refractivity contribution in [1.82, 2.24) is 5.32 Å². The van der Waals surface area contributed by atoms with E-state index in [1.165, 1.54) is 11.1 Å². The summed E-state index contributed by atoms with van der Waals surface area (Å²) in [5.41, 5.74) is 2.60. The molecule has 0 amide bonds. The lowest BCUT2D eigenvalue weighted by Crippen LogP contribution is -2.11. The molecule has 0 fully saturated rings. The Morgan fingerprint density at radius 3 is 3.27 bits per heavy atom. The van der Waals surface area contributed by atoms with Gasteiger partial charge in [0.15, 0.2) is 0 Å². The molecule has 80 valence electrons. The first-order valence-corrected chi connectivity index (χ1v) is 5.53. The summed E-state index contributed by atoms with van der Waals surface area (Å²) < 4.78 is 5.46. The minimum Gasteiger partial charge on any atom is -0.493 e. The Bertz CT molecular complexity index is 358. The van der Waals surface area contributed by atoms with Crippen LogP contribution in [-0.2, 0) is 6.42 Å². The van der Waals surface area contributed by atoms with Crippen molar-refractivity contribution in [2.24, 2.45) is 0 Å². The third-order valence-electron chi connectivity index (χ3n) is 2.54. The Balaban J connectivity index is 2.00. The molecule has 0 saturated carbocycles. The molecule has 0 aromatic heterocycles. The van der Waals surface area contributed by atoms with Gasteiger partial charge in [-0.15, -0.1) is 0 Å². The lowest BCUT2D eigenvalue weighted by atomic mass is 10.1. The first-order chi connectivity index (χ1) is 7.40. The van der Waals surface area contributed by atoms with Crippen molar-refractivity contribution in [2.45, 2.75) is 13.3 Å². The SMILES string of the molecule is CCNCC=Cc1ccc2c(c1)CCO2. The third kappa shape index (κ3) is 2.60. The van der Waals surface area contributed by atoms with E-state index in [1.54, 1.807) is 0 Å². The van der Waals surface area contributed by atoms with Crippen LogP contribution in [0.25, 0.3) is 6.08 Å². The normalized spacial score (nSPS) is 14.2. The Labute approximate surface area is 91.0 Å². The van der Waals surface area contributed by atoms with Crippen LogP contribution in [0.4, 0.5) is 0 Å². The molecule has 1 aliphatic rings. The number of benzene rings is 1.